The van der Waals surface area contributed by atoms with E-state index in [4.69, 9.17) is 0 Å². The van der Waals surface area contributed by atoms with Crippen molar-refractivity contribution in [2.75, 3.05) is 6.54 Å². The van der Waals surface area contributed by atoms with Gasteiger partial charge >= 0.3 is 0 Å². The predicted octanol–water partition coefficient (Wildman–Crippen LogP) is 5.38. The molecule has 0 heterocycles. The summed E-state index contributed by atoms with van der Waals surface area (Å²) in [5, 5.41) is 3.44. The van der Waals surface area contributed by atoms with Gasteiger partial charge in [-0.2, -0.15) is 0 Å². The molecule has 0 radical (unpaired) electrons. The number of halogens is 2. The second-order valence-corrected chi connectivity index (χ2v) is 5.47. The van der Waals surface area contributed by atoms with E-state index in [1.54, 1.807) is 6.07 Å². The van der Waals surface area contributed by atoms with Gasteiger partial charge in [-0.05, 0) is 53.4 Å². The zero-order valence-electron chi connectivity index (χ0n) is 11.6. The summed E-state index contributed by atoms with van der Waals surface area (Å²) in [7, 11) is 0. The van der Waals surface area contributed by atoms with Gasteiger partial charge in [-0.15, -0.1) is 6.58 Å². The van der Waals surface area contributed by atoms with Crippen LogP contribution in [0.2, 0.25) is 0 Å². The van der Waals surface area contributed by atoms with E-state index in [0.717, 1.165) is 31.4 Å². The Balaban J connectivity index is 2.60. The van der Waals surface area contributed by atoms with Crippen LogP contribution in [-0.2, 0) is 0 Å². The summed E-state index contributed by atoms with van der Waals surface area (Å²) in [5.41, 5.74) is 1.02. The smallest absolute Gasteiger partial charge is 0.137 e. The SMILES string of the molecule is C=CCCCCCC(NCC)c1cccc(F)c1Br. The lowest BCUT2D eigenvalue weighted by molar-refractivity contribution is 0.478. The predicted molar refractivity (Wildman–Crippen MR) is 83.8 cm³/mol. The highest BCUT2D eigenvalue weighted by Crippen LogP contribution is 2.29. The molecule has 1 rings (SSSR count). The largest absolute Gasteiger partial charge is 0.310 e. The molecule has 0 aliphatic rings. The second-order valence-electron chi connectivity index (χ2n) is 4.68. The van der Waals surface area contributed by atoms with E-state index in [2.05, 4.69) is 34.7 Å². The summed E-state index contributed by atoms with van der Waals surface area (Å²) in [5.74, 6) is -0.188. The second kappa shape index (κ2) is 9.27. The van der Waals surface area contributed by atoms with Crippen LogP contribution in [0.4, 0.5) is 4.39 Å². The van der Waals surface area contributed by atoms with Crippen LogP contribution in [0.15, 0.2) is 35.3 Å². The van der Waals surface area contributed by atoms with Crippen molar-refractivity contribution < 1.29 is 4.39 Å². The lowest BCUT2D eigenvalue weighted by atomic mass is 9.99. The minimum absolute atomic E-state index is 0.188. The topological polar surface area (TPSA) is 12.0 Å². The third-order valence-corrected chi connectivity index (χ3v) is 4.05. The highest BCUT2D eigenvalue weighted by molar-refractivity contribution is 9.10. The summed E-state index contributed by atoms with van der Waals surface area (Å²) >= 11 is 3.36. The molecule has 3 heteroatoms. The molecule has 0 saturated carbocycles. The third-order valence-electron chi connectivity index (χ3n) is 3.21. The molecule has 0 amide bonds. The number of hydrogen-bond acceptors (Lipinski definition) is 1. The van der Waals surface area contributed by atoms with Gasteiger partial charge in [0.2, 0.25) is 0 Å². The Kier molecular flexibility index (Phi) is 7.99. The van der Waals surface area contributed by atoms with Crippen LogP contribution < -0.4 is 5.32 Å². The zero-order valence-corrected chi connectivity index (χ0v) is 13.2. The fourth-order valence-corrected chi connectivity index (χ4v) is 2.76. The highest BCUT2D eigenvalue weighted by atomic mass is 79.9. The number of benzene rings is 1. The summed E-state index contributed by atoms with van der Waals surface area (Å²) < 4.78 is 14.2. The molecule has 0 spiro atoms. The van der Waals surface area contributed by atoms with E-state index in [1.807, 2.05) is 12.1 Å². The Morgan fingerprint density at radius 2 is 2.16 bits per heavy atom. The van der Waals surface area contributed by atoms with Gasteiger partial charge in [-0.25, -0.2) is 4.39 Å². The Morgan fingerprint density at radius 1 is 1.37 bits per heavy atom. The molecule has 106 valence electrons. The van der Waals surface area contributed by atoms with Gasteiger partial charge in [0.1, 0.15) is 5.82 Å². The molecule has 0 aliphatic carbocycles. The van der Waals surface area contributed by atoms with E-state index in [1.165, 1.54) is 18.9 Å². The number of hydrogen-bond donors (Lipinski definition) is 1. The van der Waals surface area contributed by atoms with Crippen molar-refractivity contribution >= 4 is 15.9 Å². The lowest BCUT2D eigenvalue weighted by Gasteiger charge is -2.20. The summed E-state index contributed by atoms with van der Waals surface area (Å²) in [6.07, 6.45) is 7.61. The molecule has 0 aromatic heterocycles. The number of rotatable bonds is 9. The highest BCUT2D eigenvalue weighted by Gasteiger charge is 2.15. The van der Waals surface area contributed by atoms with Crippen LogP contribution in [-0.4, -0.2) is 6.54 Å². The maximum absolute atomic E-state index is 13.6. The number of allylic oxidation sites excluding steroid dienone is 1. The fourth-order valence-electron chi connectivity index (χ4n) is 2.22. The van der Waals surface area contributed by atoms with Crippen LogP contribution in [0.1, 0.15) is 50.6 Å². The van der Waals surface area contributed by atoms with Crippen LogP contribution in [0.5, 0.6) is 0 Å². The molecule has 1 unspecified atom stereocenters. The van der Waals surface area contributed by atoms with Crippen LogP contribution in [0, 0.1) is 5.82 Å². The van der Waals surface area contributed by atoms with Gasteiger partial charge < -0.3 is 5.32 Å². The first-order valence-electron chi connectivity index (χ1n) is 6.98. The van der Waals surface area contributed by atoms with E-state index in [-0.39, 0.29) is 11.9 Å². The summed E-state index contributed by atoms with van der Waals surface area (Å²) in [4.78, 5) is 0. The molecule has 19 heavy (non-hydrogen) atoms. The van der Waals surface area contributed by atoms with E-state index < -0.39 is 0 Å². The van der Waals surface area contributed by atoms with Crippen molar-refractivity contribution in [3.8, 4) is 0 Å². The van der Waals surface area contributed by atoms with E-state index >= 15 is 0 Å². The molecule has 0 saturated heterocycles. The molecular weight excluding hydrogens is 305 g/mol. The van der Waals surface area contributed by atoms with Gasteiger partial charge in [0.25, 0.3) is 0 Å². The molecule has 0 fully saturated rings. The van der Waals surface area contributed by atoms with Crippen LogP contribution in [0.3, 0.4) is 0 Å². The molecule has 1 nitrogen and oxygen atoms in total. The van der Waals surface area contributed by atoms with Gasteiger partial charge in [0.15, 0.2) is 0 Å². The van der Waals surface area contributed by atoms with E-state index in [9.17, 15) is 4.39 Å². The molecule has 1 N–H and O–H groups in total. The average molecular weight is 328 g/mol. The van der Waals surface area contributed by atoms with Crippen molar-refractivity contribution in [3.63, 3.8) is 0 Å². The first-order valence-corrected chi connectivity index (χ1v) is 7.78. The molecule has 0 bridgehead atoms. The molecule has 0 aliphatic heterocycles. The van der Waals surface area contributed by atoms with Crippen molar-refractivity contribution in [1.82, 2.24) is 5.32 Å². The normalized spacial score (nSPS) is 12.4. The Hall–Kier alpha value is -0.670. The van der Waals surface area contributed by atoms with Crippen molar-refractivity contribution in [2.45, 2.75) is 45.1 Å². The number of nitrogens with one attached hydrogen (secondary N) is 1. The lowest BCUT2D eigenvalue weighted by Crippen LogP contribution is -2.21. The minimum atomic E-state index is -0.188. The third kappa shape index (κ3) is 5.45. The Labute approximate surface area is 124 Å². The van der Waals surface area contributed by atoms with Crippen LogP contribution in [0.25, 0.3) is 0 Å². The average Bonchev–Trinajstić information content (AvgIpc) is 2.41. The Morgan fingerprint density at radius 3 is 2.84 bits per heavy atom. The van der Waals surface area contributed by atoms with Crippen molar-refractivity contribution in [1.29, 1.82) is 0 Å². The minimum Gasteiger partial charge on any atom is -0.310 e. The van der Waals surface area contributed by atoms with Gasteiger partial charge in [-0.1, -0.05) is 38.0 Å². The number of unbranched alkanes of at least 4 members (excludes halogenated alkanes) is 3. The van der Waals surface area contributed by atoms with Crippen molar-refractivity contribution in [2.24, 2.45) is 0 Å². The fraction of sp³-hybridized carbons (Fsp3) is 0.500. The van der Waals surface area contributed by atoms with E-state index in [0.29, 0.717) is 4.47 Å². The van der Waals surface area contributed by atoms with Crippen molar-refractivity contribution in [3.05, 3.63) is 46.7 Å². The van der Waals surface area contributed by atoms with Gasteiger partial charge in [0, 0.05) is 6.04 Å². The standard InChI is InChI=1S/C16H23BrFN/c1-3-5-6-7-8-12-15(19-4-2)13-10-9-11-14(18)16(13)17/h3,9-11,15,19H,1,4-8,12H2,2H3. The summed E-state index contributed by atoms with van der Waals surface area (Å²) in [6.45, 7) is 6.70. The van der Waals surface area contributed by atoms with Gasteiger partial charge in [-0.3, -0.25) is 0 Å². The molecule has 1 aromatic carbocycles. The first-order chi connectivity index (χ1) is 9.20. The maximum Gasteiger partial charge on any atom is 0.137 e. The van der Waals surface area contributed by atoms with Gasteiger partial charge in [0.05, 0.1) is 4.47 Å². The first kappa shape index (κ1) is 16.4. The zero-order chi connectivity index (χ0) is 14.1. The summed E-state index contributed by atoms with van der Waals surface area (Å²) in [6, 6.07) is 5.47. The molecular formula is C16H23BrFN. The molecule has 1 atom stereocenters. The maximum atomic E-state index is 13.6. The van der Waals surface area contributed by atoms with Crippen LogP contribution >= 0.6 is 15.9 Å². The molecule has 1 aromatic rings. The quantitative estimate of drug-likeness (QED) is 0.474. The monoisotopic (exact) mass is 327 g/mol. The Bertz CT molecular complexity index is 392.